The lowest BCUT2D eigenvalue weighted by molar-refractivity contribution is -0.0350. The van der Waals surface area contributed by atoms with E-state index in [1.807, 2.05) is 26.2 Å². The number of anilines is 1. The van der Waals surface area contributed by atoms with E-state index in [9.17, 15) is 0 Å². The summed E-state index contributed by atoms with van der Waals surface area (Å²) in [5.41, 5.74) is 7.80. The lowest BCUT2D eigenvalue weighted by atomic mass is 9.82. The zero-order valence-corrected chi connectivity index (χ0v) is 12.0. The third-order valence-electron chi connectivity index (χ3n) is 3.04. The molecule has 0 amide bonds. The van der Waals surface area contributed by atoms with Gasteiger partial charge in [-0.2, -0.15) is 0 Å². The molecule has 4 nitrogen and oxygen atoms in total. The first-order chi connectivity index (χ1) is 8.41. The number of nitrogen functional groups attached to an aromatic ring is 1. The summed E-state index contributed by atoms with van der Waals surface area (Å²) < 4.78 is 5.92. The van der Waals surface area contributed by atoms with Gasteiger partial charge in [-0.15, -0.1) is 0 Å². The summed E-state index contributed by atoms with van der Waals surface area (Å²) in [6, 6.07) is 1.87. The first kappa shape index (κ1) is 14.9. The quantitative estimate of drug-likeness (QED) is 0.843. The van der Waals surface area contributed by atoms with E-state index in [0.717, 1.165) is 11.3 Å². The van der Waals surface area contributed by atoms with E-state index in [1.54, 1.807) is 6.20 Å². The molecule has 0 aliphatic carbocycles. The SMILES string of the molecule is CCOC(C(NC)c1cnccc1N)C(C)(C)C. The zero-order valence-electron chi connectivity index (χ0n) is 12.0. The van der Waals surface area contributed by atoms with Crippen molar-refractivity contribution in [2.24, 2.45) is 5.41 Å². The fourth-order valence-corrected chi connectivity index (χ4v) is 2.17. The van der Waals surface area contributed by atoms with E-state index in [1.165, 1.54) is 0 Å². The van der Waals surface area contributed by atoms with Gasteiger partial charge >= 0.3 is 0 Å². The fraction of sp³-hybridized carbons (Fsp3) is 0.643. The highest BCUT2D eigenvalue weighted by Gasteiger charge is 2.34. The summed E-state index contributed by atoms with van der Waals surface area (Å²) in [5.74, 6) is 0. The second-order valence-electron chi connectivity index (χ2n) is 5.51. The van der Waals surface area contributed by atoms with Gasteiger partial charge in [-0.3, -0.25) is 4.98 Å². The first-order valence-electron chi connectivity index (χ1n) is 6.40. The van der Waals surface area contributed by atoms with Crippen LogP contribution < -0.4 is 11.1 Å². The minimum atomic E-state index is 0.0198. The summed E-state index contributed by atoms with van der Waals surface area (Å²) in [6.07, 6.45) is 3.56. The van der Waals surface area contributed by atoms with Crippen molar-refractivity contribution in [3.05, 3.63) is 24.0 Å². The molecule has 0 aromatic carbocycles. The van der Waals surface area contributed by atoms with Gasteiger partial charge in [-0.25, -0.2) is 0 Å². The van der Waals surface area contributed by atoms with Crippen molar-refractivity contribution in [2.45, 2.75) is 39.8 Å². The van der Waals surface area contributed by atoms with Crippen LogP contribution in [-0.4, -0.2) is 24.7 Å². The van der Waals surface area contributed by atoms with Gasteiger partial charge in [0, 0.05) is 30.3 Å². The molecule has 1 aromatic rings. The van der Waals surface area contributed by atoms with Crippen molar-refractivity contribution in [1.29, 1.82) is 0 Å². The van der Waals surface area contributed by atoms with Crippen molar-refractivity contribution < 1.29 is 4.74 Å². The molecule has 0 radical (unpaired) electrons. The Labute approximate surface area is 110 Å². The molecule has 0 aliphatic heterocycles. The second kappa shape index (κ2) is 6.16. The number of pyridine rings is 1. The number of aromatic nitrogens is 1. The van der Waals surface area contributed by atoms with Gasteiger partial charge < -0.3 is 15.8 Å². The fourth-order valence-electron chi connectivity index (χ4n) is 2.17. The third-order valence-corrected chi connectivity index (χ3v) is 3.04. The molecule has 3 N–H and O–H groups in total. The lowest BCUT2D eigenvalue weighted by Gasteiger charge is -2.37. The van der Waals surface area contributed by atoms with E-state index in [2.05, 4.69) is 31.1 Å². The van der Waals surface area contributed by atoms with Crippen LogP contribution in [0.15, 0.2) is 18.5 Å². The number of ether oxygens (including phenoxy) is 1. The first-order valence-corrected chi connectivity index (χ1v) is 6.40. The van der Waals surface area contributed by atoms with Gasteiger partial charge in [0.25, 0.3) is 0 Å². The van der Waals surface area contributed by atoms with Crippen molar-refractivity contribution in [1.82, 2.24) is 10.3 Å². The van der Waals surface area contributed by atoms with E-state index in [-0.39, 0.29) is 17.6 Å². The number of hydrogen-bond acceptors (Lipinski definition) is 4. The molecule has 0 aliphatic rings. The Bertz CT molecular complexity index is 374. The van der Waals surface area contributed by atoms with E-state index >= 15 is 0 Å². The summed E-state index contributed by atoms with van der Waals surface area (Å²) in [4.78, 5) is 4.16. The Kier molecular flexibility index (Phi) is 5.11. The van der Waals surface area contributed by atoms with Crippen LogP contribution in [0.4, 0.5) is 5.69 Å². The van der Waals surface area contributed by atoms with Crippen molar-refractivity contribution in [3.8, 4) is 0 Å². The predicted octanol–water partition coefficient (Wildman–Crippen LogP) is 2.38. The number of rotatable bonds is 5. The van der Waals surface area contributed by atoms with Gasteiger partial charge in [0.05, 0.1) is 12.1 Å². The Morgan fingerprint density at radius 1 is 1.44 bits per heavy atom. The number of nitrogens with one attached hydrogen (secondary N) is 1. The van der Waals surface area contributed by atoms with Crippen LogP contribution in [0.5, 0.6) is 0 Å². The summed E-state index contributed by atoms with van der Waals surface area (Å²) in [5, 5.41) is 3.31. The highest BCUT2D eigenvalue weighted by Crippen LogP contribution is 2.34. The molecular weight excluding hydrogens is 226 g/mol. The summed E-state index contributed by atoms with van der Waals surface area (Å²) in [6.45, 7) is 9.21. The Morgan fingerprint density at radius 2 is 2.11 bits per heavy atom. The maximum Gasteiger partial charge on any atom is 0.0818 e. The van der Waals surface area contributed by atoms with Crippen LogP contribution in [0.1, 0.15) is 39.3 Å². The van der Waals surface area contributed by atoms with Gasteiger partial charge in [0.2, 0.25) is 0 Å². The van der Waals surface area contributed by atoms with Crippen LogP contribution in [0.25, 0.3) is 0 Å². The molecule has 0 fully saturated rings. The van der Waals surface area contributed by atoms with Gasteiger partial charge in [-0.05, 0) is 25.5 Å². The molecule has 2 unspecified atom stereocenters. The van der Waals surface area contributed by atoms with Crippen LogP contribution in [0.2, 0.25) is 0 Å². The molecule has 1 heterocycles. The molecule has 1 rings (SSSR count). The normalized spacial score (nSPS) is 15.4. The molecule has 1 aromatic heterocycles. The van der Waals surface area contributed by atoms with Crippen molar-refractivity contribution in [3.63, 3.8) is 0 Å². The average Bonchev–Trinajstić information content (AvgIpc) is 2.30. The van der Waals surface area contributed by atoms with Crippen LogP contribution in [0.3, 0.4) is 0 Å². The van der Waals surface area contributed by atoms with Crippen LogP contribution in [0, 0.1) is 5.41 Å². The molecule has 18 heavy (non-hydrogen) atoms. The number of nitrogens with zero attached hydrogens (tertiary/aromatic N) is 1. The molecular formula is C14H25N3O. The second-order valence-corrected chi connectivity index (χ2v) is 5.51. The van der Waals surface area contributed by atoms with Crippen LogP contribution >= 0.6 is 0 Å². The monoisotopic (exact) mass is 251 g/mol. The van der Waals surface area contributed by atoms with E-state index in [4.69, 9.17) is 10.5 Å². The van der Waals surface area contributed by atoms with Gasteiger partial charge in [-0.1, -0.05) is 20.8 Å². The highest BCUT2D eigenvalue weighted by atomic mass is 16.5. The summed E-state index contributed by atoms with van der Waals surface area (Å²) in [7, 11) is 1.93. The Morgan fingerprint density at radius 3 is 2.56 bits per heavy atom. The van der Waals surface area contributed by atoms with Crippen LogP contribution in [-0.2, 0) is 4.74 Å². The molecule has 2 atom stereocenters. The Hall–Kier alpha value is -1.13. The lowest BCUT2D eigenvalue weighted by Crippen LogP contribution is -2.41. The standard InChI is InChI=1S/C14H25N3O/c1-6-18-13(14(2,3)4)12(16-5)10-9-17-8-7-11(10)15/h7-9,12-13,16H,6H2,1-5H3,(H2,15,17). The van der Waals surface area contributed by atoms with E-state index in [0.29, 0.717) is 6.61 Å². The zero-order chi connectivity index (χ0) is 13.8. The minimum Gasteiger partial charge on any atom is -0.398 e. The van der Waals surface area contributed by atoms with E-state index < -0.39 is 0 Å². The number of nitrogens with two attached hydrogens (primary N) is 1. The largest absolute Gasteiger partial charge is 0.398 e. The number of likely N-dealkylation sites (N-methyl/N-ethyl adjacent to an activating group) is 1. The predicted molar refractivity (Wildman–Crippen MR) is 75.3 cm³/mol. The topological polar surface area (TPSA) is 60.2 Å². The highest BCUT2D eigenvalue weighted by molar-refractivity contribution is 5.46. The molecule has 0 saturated heterocycles. The third kappa shape index (κ3) is 3.43. The minimum absolute atomic E-state index is 0.0198. The maximum absolute atomic E-state index is 6.04. The maximum atomic E-state index is 6.04. The number of hydrogen-bond donors (Lipinski definition) is 2. The molecule has 0 bridgehead atoms. The van der Waals surface area contributed by atoms with Crippen molar-refractivity contribution >= 4 is 5.69 Å². The van der Waals surface area contributed by atoms with Crippen molar-refractivity contribution in [2.75, 3.05) is 19.4 Å². The Balaban J connectivity index is 3.10. The molecule has 4 heteroatoms. The molecule has 0 spiro atoms. The van der Waals surface area contributed by atoms with Gasteiger partial charge in [0.1, 0.15) is 0 Å². The van der Waals surface area contributed by atoms with Gasteiger partial charge in [0.15, 0.2) is 0 Å². The molecule has 0 saturated carbocycles. The smallest absolute Gasteiger partial charge is 0.0818 e. The molecule has 102 valence electrons. The average molecular weight is 251 g/mol. The summed E-state index contributed by atoms with van der Waals surface area (Å²) >= 11 is 0.